The Kier molecular flexibility index (Phi) is 4.61. The third-order valence-corrected chi connectivity index (χ3v) is 4.07. The molecular weight excluding hydrogens is 334 g/mol. The predicted octanol–water partition coefficient (Wildman–Crippen LogP) is 1.32. The normalized spacial score (nSPS) is 10.8. The van der Waals surface area contributed by atoms with Crippen LogP contribution in [0.15, 0.2) is 29.1 Å². The summed E-state index contributed by atoms with van der Waals surface area (Å²) in [7, 11) is 1.61. The molecule has 0 bridgehead atoms. The molecule has 9 nitrogen and oxygen atoms in total. The third kappa shape index (κ3) is 3.10. The zero-order chi connectivity index (χ0) is 18.8. The molecule has 2 heterocycles. The van der Waals surface area contributed by atoms with Gasteiger partial charge in [0, 0.05) is 13.6 Å². The third-order valence-electron chi connectivity index (χ3n) is 4.07. The fraction of sp³-hybridized carbons (Fsp3) is 0.294. The van der Waals surface area contributed by atoms with E-state index >= 15 is 0 Å². The van der Waals surface area contributed by atoms with Crippen LogP contribution < -0.4 is 10.9 Å². The van der Waals surface area contributed by atoms with Crippen LogP contribution in [0.4, 0.5) is 5.95 Å². The van der Waals surface area contributed by atoms with Gasteiger partial charge in [-0.25, -0.2) is 9.36 Å². The van der Waals surface area contributed by atoms with Crippen molar-refractivity contribution in [2.75, 3.05) is 5.32 Å². The number of aryl methyl sites for hydroxylation is 3. The first kappa shape index (κ1) is 17.5. The van der Waals surface area contributed by atoms with E-state index in [1.54, 1.807) is 20.9 Å². The Hall–Kier alpha value is -3.36. The van der Waals surface area contributed by atoms with Crippen molar-refractivity contribution in [3.05, 3.63) is 51.4 Å². The molecule has 0 atom stereocenters. The Balaban J connectivity index is 2.15. The molecule has 0 saturated carbocycles. The molecule has 0 fully saturated rings. The fourth-order valence-corrected chi connectivity index (χ4v) is 2.72. The predicted molar refractivity (Wildman–Crippen MR) is 95.8 cm³/mol. The topological polar surface area (TPSA) is 108 Å². The highest BCUT2D eigenvalue weighted by atomic mass is 16.2. The molecular formula is C17H19N7O2. The molecule has 0 saturated heterocycles. The fourth-order valence-electron chi connectivity index (χ4n) is 2.72. The minimum Gasteiger partial charge on any atom is -0.288 e. The second kappa shape index (κ2) is 6.87. The lowest BCUT2D eigenvalue weighted by Gasteiger charge is -2.13. The highest BCUT2D eigenvalue weighted by Crippen LogP contribution is 2.22. The Morgan fingerprint density at radius 3 is 2.65 bits per heavy atom. The highest BCUT2D eigenvalue weighted by Gasteiger charge is 2.21. The number of hydrogen-bond donors (Lipinski definition) is 1. The average molecular weight is 353 g/mol. The van der Waals surface area contributed by atoms with E-state index < -0.39 is 5.91 Å². The standard InChI is InChI=1S/C17H19N7O2/c1-5-24-16(26)13(12-8-6-7-10(2)9-12)11(3)14(20-24)15(25)18-17-19-21-22-23(17)4/h6-9H,5H2,1-4H3,(H,18,19,22,25). The summed E-state index contributed by atoms with van der Waals surface area (Å²) >= 11 is 0. The Labute approximate surface area is 149 Å². The van der Waals surface area contributed by atoms with Gasteiger partial charge in [-0.05, 0) is 42.3 Å². The lowest BCUT2D eigenvalue weighted by Crippen LogP contribution is -2.30. The first-order valence-corrected chi connectivity index (χ1v) is 8.14. The zero-order valence-corrected chi connectivity index (χ0v) is 15.0. The summed E-state index contributed by atoms with van der Waals surface area (Å²) in [4.78, 5) is 25.5. The highest BCUT2D eigenvalue weighted by molar-refractivity contribution is 6.03. The average Bonchev–Trinajstić information content (AvgIpc) is 3.00. The number of nitrogens with one attached hydrogen (secondary N) is 1. The van der Waals surface area contributed by atoms with Crippen molar-refractivity contribution in [3.63, 3.8) is 0 Å². The van der Waals surface area contributed by atoms with Gasteiger partial charge in [0.1, 0.15) is 0 Å². The van der Waals surface area contributed by atoms with Crippen LogP contribution in [0.3, 0.4) is 0 Å². The Morgan fingerprint density at radius 2 is 2.04 bits per heavy atom. The summed E-state index contributed by atoms with van der Waals surface area (Å²) in [5, 5.41) is 17.7. The molecule has 134 valence electrons. The first-order valence-electron chi connectivity index (χ1n) is 8.14. The van der Waals surface area contributed by atoms with Crippen molar-refractivity contribution in [1.82, 2.24) is 30.0 Å². The van der Waals surface area contributed by atoms with Crippen LogP contribution in [0.2, 0.25) is 0 Å². The lowest BCUT2D eigenvalue weighted by molar-refractivity contribution is 0.101. The maximum atomic E-state index is 12.8. The van der Waals surface area contributed by atoms with Crippen LogP contribution in [-0.4, -0.2) is 35.9 Å². The van der Waals surface area contributed by atoms with Gasteiger partial charge in [0.15, 0.2) is 5.69 Å². The molecule has 3 aromatic rings. The summed E-state index contributed by atoms with van der Waals surface area (Å²) in [5.74, 6) is -0.279. The summed E-state index contributed by atoms with van der Waals surface area (Å²) in [5.41, 5.74) is 2.69. The number of carbonyl (C=O) groups excluding carboxylic acids is 1. The van der Waals surface area contributed by atoms with Gasteiger partial charge in [0.25, 0.3) is 11.5 Å². The molecule has 0 aliphatic carbocycles. The van der Waals surface area contributed by atoms with E-state index in [9.17, 15) is 9.59 Å². The van der Waals surface area contributed by atoms with E-state index in [1.165, 1.54) is 9.36 Å². The molecule has 2 aromatic heterocycles. The molecule has 0 aliphatic rings. The molecule has 1 N–H and O–H groups in total. The van der Waals surface area contributed by atoms with Gasteiger partial charge in [-0.15, -0.1) is 0 Å². The summed E-state index contributed by atoms with van der Waals surface area (Å²) < 4.78 is 2.62. The molecule has 0 radical (unpaired) electrons. The Bertz CT molecular complexity index is 1040. The number of tetrazole rings is 1. The molecule has 0 unspecified atom stereocenters. The van der Waals surface area contributed by atoms with Crippen LogP contribution in [-0.2, 0) is 13.6 Å². The van der Waals surface area contributed by atoms with Crippen molar-refractivity contribution in [1.29, 1.82) is 0 Å². The quantitative estimate of drug-likeness (QED) is 0.758. The van der Waals surface area contributed by atoms with Crippen molar-refractivity contribution in [2.24, 2.45) is 7.05 Å². The van der Waals surface area contributed by atoms with E-state index in [-0.39, 0.29) is 17.2 Å². The number of carbonyl (C=O) groups is 1. The SMILES string of the molecule is CCn1nc(C(=O)Nc2nnnn2C)c(C)c(-c2cccc(C)c2)c1=O. The van der Waals surface area contributed by atoms with Gasteiger partial charge in [-0.2, -0.15) is 5.10 Å². The molecule has 1 aromatic carbocycles. The van der Waals surface area contributed by atoms with Crippen molar-refractivity contribution in [3.8, 4) is 11.1 Å². The van der Waals surface area contributed by atoms with Crippen molar-refractivity contribution >= 4 is 11.9 Å². The van der Waals surface area contributed by atoms with Gasteiger partial charge in [0.2, 0.25) is 5.95 Å². The van der Waals surface area contributed by atoms with E-state index in [4.69, 9.17) is 0 Å². The van der Waals surface area contributed by atoms with E-state index in [1.807, 2.05) is 31.2 Å². The van der Waals surface area contributed by atoms with Gasteiger partial charge in [0.05, 0.1) is 5.56 Å². The summed E-state index contributed by atoms with van der Waals surface area (Å²) in [6, 6.07) is 7.60. The molecule has 0 spiro atoms. The monoisotopic (exact) mass is 353 g/mol. The Morgan fingerprint density at radius 1 is 1.27 bits per heavy atom. The van der Waals surface area contributed by atoms with Crippen LogP contribution in [0.1, 0.15) is 28.5 Å². The number of hydrogen-bond acceptors (Lipinski definition) is 6. The number of anilines is 1. The molecule has 26 heavy (non-hydrogen) atoms. The largest absolute Gasteiger partial charge is 0.288 e. The number of benzene rings is 1. The number of rotatable bonds is 4. The zero-order valence-electron chi connectivity index (χ0n) is 15.0. The molecule has 3 rings (SSSR count). The number of aromatic nitrogens is 6. The van der Waals surface area contributed by atoms with Crippen LogP contribution >= 0.6 is 0 Å². The maximum Gasteiger partial charge on any atom is 0.278 e. The number of nitrogens with zero attached hydrogens (tertiary/aromatic N) is 6. The smallest absolute Gasteiger partial charge is 0.278 e. The van der Waals surface area contributed by atoms with Gasteiger partial charge >= 0.3 is 0 Å². The van der Waals surface area contributed by atoms with E-state index in [0.29, 0.717) is 17.7 Å². The van der Waals surface area contributed by atoms with E-state index in [2.05, 4.69) is 25.9 Å². The van der Waals surface area contributed by atoms with Crippen LogP contribution in [0.5, 0.6) is 0 Å². The van der Waals surface area contributed by atoms with Gasteiger partial charge in [-0.1, -0.05) is 34.9 Å². The van der Waals surface area contributed by atoms with E-state index in [0.717, 1.165) is 11.1 Å². The number of amides is 1. The second-order valence-corrected chi connectivity index (χ2v) is 5.92. The molecule has 0 aliphatic heterocycles. The van der Waals surface area contributed by atoms with Crippen molar-refractivity contribution in [2.45, 2.75) is 27.3 Å². The van der Waals surface area contributed by atoms with Crippen LogP contribution in [0, 0.1) is 13.8 Å². The minimum atomic E-state index is -0.475. The lowest BCUT2D eigenvalue weighted by atomic mass is 9.99. The van der Waals surface area contributed by atoms with Crippen LogP contribution in [0.25, 0.3) is 11.1 Å². The molecule has 9 heteroatoms. The van der Waals surface area contributed by atoms with Gasteiger partial charge in [-0.3, -0.25) is 14.9 Å². The first-order chi connectivity index (χ1) is 12.4. The van der Waals surface area contributed by atoms with Gasteiger partial charge < -0.3 is 0 Å². The second-order valence-electron chi connectivity index (χ2n) is 5.92. The summed E-state index contributed by atoms with van der Waals surface area (Å²) in [6.07, 6.45) is 0. The maximum absolute atomic E-state index is 12.8. The minimum absolute atomic E-state index is 0.158. The van der Waals surface area contributed by atoms with Crippen molar-refractivity contribution < 1.29 is 4.79 Å². The summed E-state index contributed by atoms with van der Waals surface area (Å²) in [6.45, 7) is 5.82. The molecule has 1 amide bonds.